The minimum Gasteiger partial charge on any atom is -0.478 e. The van der Waals surface area contributed by atoms with Crippen LogP contribution in [0.4, 0.5) is 4.39 Å². The topological polar surface area (TPSA) is 66.4 Å². The first-order chi connectivity index (χ1) is 9.93. The number of thioether (sulfide) groups is 1. The van der Waals surface area contributed by atoms with Gasteiger partial charge < -0.3 is 10.4 Å². The Bertz CT molecular complexity index is 546. The molecule has 21 heavy (non-hydrogen) atoms. The summed E-state index contributed by atoms with van der Waals surface area (Å²) in [5.74, 6) is -0.528. The zero-order valence-electron chi connectivity index (χ0n) is 11.9. The standard InChI is InChI=1S/C15H18FNO3S/c1-3-21-9-10(2)17-15(20)12-8-11(4-6-13(12)16)5-7-14(18)19/h4-8,10H,3,9H2,1-2H3,(H,17,20)(H,18,19)/b7-5+. The lowest BCUT2D eigenvalue weighted by Gasteiger charge is -2.13. The van der Waals surface area contributed by atoms with E-state index in [-0.39, 0.29) is 11.6 Å². The minimum atomic E-state index is -1.10. The van der Waals surface area contributed by atoms with Gasteiger partial charge in [0.15, 0.2) is 0 Å². The van der Waals surface area contributed by atoms with E-state index in [4.69, 9.17) is 5.11 Å². The Labute approximate surface area is 127 Å². The molecule has 1 aromatic carbocycles. The molecular weight excluding hydrogens is 293 g/mol. The number of halogens is 1. The van der Waals surface area contributed by atoms with Gasteiger partial charge in [0.25, 0.3) is 5.91 Å². The summed E-state index contributed by atoms with van der Waals surface area (Å²) in [5, 5.41) is 11.3. The fourth-order valence-electron chi connectivity index (χ4n) is 1.63. The lowest BCUT2D eigenvalue weighted by molar-refractivity contribution is -0.131. The van der Waals surface area contributed by atoms with E-state index in [2.05, 4.69) is 5.32 Å². The molecule has 6 heteroatoms. The second kappa shape index (κ2) is 8.46. The predicted molar refractivity (Wildman–Crippen MR) is 83.0 cm³/mol. The van der Waals surface area contributed by atoms with Crippen molar-refractivity contribution < 1.29 is 19.1 Å². The second-order valence-electron chi connectivity index (χ2n) is 4.44. The largest absolute Gasteiger partial charge is 0.478 e. The Morgan fingerprint density at radius 1 is 1.48 bits per heavy atom. The summed E-state index contributed by atoms with van der Waals surface area (Å²) in [7, 11) is 0. The number of nitrogens with one attached hydrogen (secondary N) is 1. The van der Waals surface area contributed by atoms with Gasteiger partial charge in [-0.2, -0.15) is 11.8 Å². The third kappa shape index (κ3) is 5.99. The van der Waals surface area contributed by atoms with Gasteiger partial charge in [-0.1, -0.05) is 13.0 Å². The Morgan fingerprint density at radius 2 is 2.19 bits per heavy atom. The molecule has 0 aliphatic heterocycles. The predicted octanol–water partition coefficient (Wildman–Crippen LogP) is 2.79. The monoisotopic (exact) mass is 311 g/mol. The Kier molecular flexibility index (Phi) is 6.94. The highest BCUT2D eigenvalue weighted by Crippen LogP contribution is 2.13. The molecule has 1 rings (SSSR count). The number of carboxylic acids is 1. The number of benzene rings is 1. The van der Waals surface area contributed by atoms with Gasteiger partial charge >= 0.3 is 5.97 Å². The van der Waals surface area contributed by atoms with Crippen LogP contribution in [0.3, 0.4) is 0 Å². The summed E-state index contributed by atoms with van der Waals surface area (Å²) in [6.07, 6.45) is 2.25. The summed E-state index contributed by atoms with van der Waals surface area (Å²) in [6.45, 7) is 3.88. The van der Waals surface area contributed by atoms with Gasteiger partial charge in [0.05, 0.1) is 5.56 Å². The first-order valence-corrected chi connectivity index (χ1v) is 7.68. The van der Waals surface area contributed by atoms with Gasteiger partial charge in [0, 0.05) is 17.9 Å². The molecule has 0 saturated carbocycles. The van der Waals surface area contributed by atoms with Crippen LogP contribution in [0, 0.1) is 5.82 Å². The number of amides is 1. The van der Waals surface area contributed by atoms with Crippen molar-refractivity contribution in [3.63, 3.8) is 0 Å². The SMILES string of the molecule is CCSCC(C)NC(=O)c1cc(/C=C/C(=O)O)ccc1F. The number of hydrogen-bond acceptors (Lipinski definition) is 3. The van der Waals surface area contributed by atoms with Crippen molar-refractivity contribution in [2.24, 2.45) is 0 Å². The van der Waals surface area contributed by atoms with E-state index in [1.54, 1.807) is 11.8 Å². The van der Waals surface area contributed by atoms with E-state index in [1.165, 1.54) is 18.2 Å². The van der Waals surface area contributed by atoms with Crippen LogP contribution in [0.2, 0.25) is 0 Å². The number of carboxylic acid groups (broad SMARTS) is 1. The van der Waals surface area contributed by atoms with Crippen molar-refractivity contribution in [2.45, 2.75) is 19.9 Å². The smallest absolute Gasteiger partial charge is 0.328 e. The summed E-state index contributed by atoms with van der Waals surface area (Å²) in [5.41, 5.74) is 0.371. The van der Waals surface area contributed by atoms with Crippen molar-refractivity contribution in [1.29, 1.82) is 0 Å². The Balaban J connectivity index is 2.83. The van der Waals surface area contributed by atoms with Crippen LogP contribution in [-0.4, -0.2) is 34.5 Å². The number of aliphatic carboxylic acids is 1. The fourth-order valence-corrected chi connectivity index (χ4v) is 2.30. The molecule has 1 unspecified atom stereocenters. The Morgan fingerprint density at radius 3 is 2.81 bits per heavy atom. The van der Waals surface area contributed by atoms with E-state index in [0.29, 0.717) is 5.56 Å². The Hall–Kier alpha value is -1.82. The molecule has 0 aromatic heterocycles. The molecule has 0 saturated heterocycles. The normalized spacial score (nSPS) is 12.3. The van der Waals surface area contributed by atoms with Crippen LogP contribution in [0.15, 0.2) is 24.3 Å². The average Bonchev–Trinajstić information content (AvgIpc) is 2.43. The van der Waals surface area contributed by atoms with Crippen LogP contribution < -0.4 is 5.32 Å². The van der Waals surface area contributed by atoms with Crippen molar-refractivity contribution >= 4 is 29.7 Å². The molecule has 0 aliphatic carbocycles. The van der Waals surface area contributed by atoms with Crippen LogP contribution in [0.5, 0.6) is 0 Å². The molecule has 4 nitrogen and oxygen atoms in total. The van der Waals surface area contributed by atoms with Crippen molar-refractivity contribution in [3.05, 3.63) is 41.2 Å². The molecular formula is C15H18FNO3S. The first kappa shape index (κ1) is 17.2. The number of carbonyl (C=O) groups excluding carboxylic acids is 1. The highest BCUT2D eigenvalue weighted by atomic mass is 32.2. The second-order valence-corrected chi connectivity index (χ2v) is 5.76. The van der Waals surface area contributed by atoms with Gasteiger partial charge in [-0.05, 0) is 36.4 Å². The maximum absolute atomic E-state index is 13.7. The molecule has 114 valence electrons. The molecule has 0 heterocycles. The fraction of sp³-hybridized carbons (Fsp3) is 0.333. The first-order valence-electron chi connectivity index (χ1n) is 6.53. The summed E-state index contributed by atoms with van der Waals surface area (Å²) in [4.78, 5) is 22.5. The van der Waals surface area contributed by atoms with E-state index in [1.807, 2.05) is 13.8 Å². The molecule has 2 N–H and O–H groups in total. The lowest BCUT2D eigenvalue weighted by Crippen LogP contribution is -2.34. The molecule has 0 aliphatic rings. The van der Waals surface area contributed by atoms with Gasteiger partial charge in [-0.15, -0.1) is 0 Å². The van der Waals surface area contributed by atoms with Gasteiger partial charge in [-0.25, -0.2) is 9.18 Å². The maximum atomic E-state index is 13.7. The summed E-state index contributed by atoms with van der Waals surface area (Å²) < 4.78 is 13.7. The summed E-state index contributed by atoms with van der Waals surface area (Å²) >= 11 is 1.69. The quantitative estimate of drug-likeness (QED) is 0.760. The molecule has 0 fully saturated rings. The minimum absolute atomic E-state index is 0.0694. The number of rotatable bonds is 7. The molecule has 1 atom stereocenters. The van der Waals surface area contributed by atoms with E-state index in [9.17, 15) is 14.0 Å². The molecule has 0 spiro atoms. The molecule has 0 radical (unpaired) electrons. The van der Waals surface area contributed by atoms with Crippen LogP contribution in [0.1, 0.15) is 29.8 Å². The van der Waals surface area contributed by atoms with Crippen LogP contribution >= 0.6 is 11.8 Å². The van der Waals surface area contributed by atoms with Crippen molar-refractivity contribution in [3.8, 4) is 0 Å². The van der Waals surface area contributed by atoms with E-state index < -0.39 is 17.7 Å². The average molecular weight is 311 g/mol. The molecule has 1 aromatic rings. The molecule has 0 bridgehead atoms. The maximum Gasteiger partial charge on any atom is 0.328 e. The zero-order chi connectivity index (χ0) is 15.8. The van der Waals surface area contributed by atoms with Gasteiger partial charge in [0.2, 0.25) is 0 Å². The third-order valence-corrected chi connectivity index (χ3v) is 3.75. The highest BCUT2D eigenvalue weighted by Gasteiger charge is 2.14. The molecule has 1 amide bonds. The van der Waals surface area contributed by atoms with E-state index in [0.717, 1.165) is 23.6 Å². The number of carbonyl (C=O) groups is 2. The third-order valence-electron chi connectivity index (χ3n) is 2.60. The number of hydrogen-bond donors (Lipinski definition) is 2. The van der Waals surface area contributed by atoms with Crippen LogP contribution in [0.25, 0.3) is 6.08 Å². The lowest BCUT2D eigenvalue weighted by atomic mass is 10.1. The van der Waals surface area contributed by atoms with Crippen molar-refractivity contribution in [2.75, 3.05) is 11.5 Å². The zero-order valence-corrected chi connectivity index (χ0v) is 12.7. The highest BCUT2D eigenvalue weighted by molar-refractivity contribution is 7.99. The van der Waals surface area contributed by atoms with Gasteiger partial charge in [0.1, 0.15) is 5.82 Å². The van der Waals surface area contributed by atoms with E-state index >= 15 is 0 Å². The van der Waals surface area contributed by atoms with Gasteiger partial charge in [-0.3, -0.25) is 4.79 Å². The summed E-state index contributed by atoms with van der Waals surface area (Å²) in [6, 6.07) is 3.84. The van der Waals surface area contributed by atoms with Crippen LogP contribution in [-0.2, 0) is 4.79 Å². The van der Waals surface area contributed by atoms with Crippen molar-refractivity contribution in [1.82, 2.24) is 5.32 Å².